The third-order valence-corrected chi connectivity index (χ3v) is 45.4. The molecular formula is C6I13O2S-. The van der Waals surface area contributed by atoms with Crippen molar-refractivity contribution >= 4 is 305 Å². The van der Waals surface area contributed by atoms with Gasteiger partial charge in [-0.05, 0) is 11.1 Å². The summed E-state index contributed by atoms with van der Waals surface area (Å²) in [7, 11) is 0. The lowest BCUT2D eigenvalue weighted by atomic mass is 10.2. The molecule has 22 heavy (non-hydrogen) atoms. The van der Waals surface area contributed by atoms with E-state index >= 15 is 0 Å². The van der Waals surface area contributed by atoms with Gasteiger partial charge in [0.15, 0.2) is 0.760 Å². The number of hydrogen-bond acceptors (Lipinski definition) is 2. The first-order chi connectivity index (χ1) is 9.19. The third-order valence-electron chi connectivity index (χ3n) is 2.11. The Morgan fingerprint density at radius 2 is 0.818 bits per heavy atom. The molecule has 0 bridgehead atoms. The standard InChI is InChI=1S/C6HI13O2S/c7-1(8,3(11,12)5(15,16)17)2(9,10)4(13,14)6(18,19)22(20)21/h(H,20,21)/p-1. The van der Waals surface area contributed by atoms with Gasteiger partial charge in [0.25, 0.3) is 0 Å². The lowest BCUT2D eigenvalue weighted by Crippen LogP contribution is -2.63. The predicted octanol–water partition coefficient (Wildman–Crippen LogP) is 9.61. The van der Waals surface area contributed by atoms with Crippen LogP contribution in [-0.4, -0.2) is 14.7 Å². The first-order valence-corrected chi connectivity index (χ1v) is 19.3. The topological polar surface area (TPSA) is 40.1 Å². The van der Waals surface area contributed by atoms with Gasteiger partial charge in [-0.25, -0.2) is 0 Å². The van der Waals surface area contributed by atoms with E-state index in [1.54, 1.807) is 0 Å². The maximum Gasteiger partial charge on any atom is 0.160 e. The molecule has 0 radical (unpaired) electrons. The molecule has 0 heterocycles. The van der Waals surface area contributed by atoms with Gasteiger partial charge in [-0.3, -0.25) is 4.21 Å². The quantitative estimate of drug-likeness (QED) is 0.151. The van der Waals surface area contributed by atoms with Crippen molar-refractivity contribution in [2.24, 2.45) is 0 Å². The Balaban J connectivity index is 6.29. The molecule has 0 aromatic carbocycles. The van der Waals surface area contributed by atoms with E-state index in [1.165, 1.54) is 0 Å². The Hall–Kier alpha value is 9.60. The average molecular weight is 1790 g/mol. The minimum atomic E-state index is -2.19. The van der Waals surface area contributed by atoms with Crippen molar-refractivity contribution in [3.05, 3.63) is 0 Å². The lowest BCUT2D eigenvalue weighted by molar-refractivity contribution is 0.531. The molecule has 0 N–H and O–H groups in total. The summed E-state index contributed by atoms with van der Waals surface area (Å²) < 4.78 is 21.5. The van der Waals surface area contributed by atoms with E-state index in [-0.39, 0.29) is 3.72 Å². The average Bonchev–Trinajstić information content (AvgIpc) is 2.25. The molecule has 0 saturated carbocycles. The molecule has 0 rings (SSSR count). The van der Waals surface area contributed by atoms with E-state index in [0.717, 1.165) is 0 Å². The molecule has 0 spiro atoms. The van der Waals surface area contributed by atoms with Gasteiger partial charge in [0.05, 0.1) is 0 Å². The zero-order chi connectivity index (χ0) is 18.6. The van der Waals surface area contributed by atoms with Crippen LogP contribution in [-0.2, 0) is 11.1 Å². The molecule has 134 valence electrons. The number of alkyl halides is 13. The smallest absolute Gasteiger partial charge is 0.160 e. The van der Waals surface area contributed by atoms with Crippen LogP contribution in [0.15, 0.2) is 0 Å². The molecule has 0 aliphatic heterocycles. The maximum absolute atomic E-state index is 11.8. The second-order valence-corrected chi connectivity index (χ2v) is 43.6. The van der Waals surface area contributed by atoms with Crippen molar-refractivity contribution < 1.29 is 8.76 Å². The molecule has 0 aromatic heterocycles. The Bertz CT molecular complexity index is 452. The van der Waals surface area contributed by atoms with Crippen molar-refractivity contribution in [2.45, 2.75) is 5.91 Å². The fourth-order valence-corrected chi connectivity index (χ4v) is 18.8. The summed E-state index contributed by atoms with van der Waals surface area (Å²) in [6.45, 7) is 0. The van der Waals surface area contributed by atoms with E-state index in [9.17, 15) is 8.76 Å². The SMILES string of the molecule is O=S([O-])C(I)(I)C(I)(I)C(I)(I)C(I)(I)C(I)(I)C(I)(I)I. The highest BCUT2D eigenvalue weighted by Gasteiger charge is 2.72. The molecular weight excluding hydrogens is 1790 g/mol. The van der Waals surface area contributed by atoms with Gasteiger partial charge >= 0.3 is 0 Å². The number of hydrogen-bond donors (Lipinski definition) is 0. The van der Waals surface area contributed by atoms with Crippen LogP contribution >= 0.6 is 294 Å². The van der Waals surface area contributed by atoms with E-state index in [1.807, 2.05) is 0 Å². The van der Waals surface area contributed by atoms with Crippen LogP contribution in [0.2, 0.25) is 0 Å². The van der Waals surface area contributed by atoms with Crippen LogP contribution in [0.5, 0.6) is 0 Å². The van der Waals surface area contributed by atoms with E-state index in [4.69, 9.17) is 0 Å². The molecule has 0 saturated heterocycles. The summed E-state index contributed by atoms with van der Waals surface area (Å²) in [5.41, 5.74) is 0. The monoisotopic (exact) mass is 1790 g/mol. The van der Waals surface area contributed by atoms with Crippen molar-refractivity contribution in [2.75, 3.05) is 0 Å². The molecule has 0 amide bonds. The van der Waals surface area contributed by atoms with Crippen LogP contribution in [0, 0.1) is 0 Å². The zero-order valence-corrected chi connectivity index (χ0v) is 38.0. The fraction of sp³-hybridized carbons (Fsp3) is 1.00. The number of rotatable bonds is 6. The van der Waals surface area contributed by atoms with E-state index in [2.05, 4.69) is 294 Å². The van der Waals surface area contributed by atoms with Crippen LogP contribution in [0.3, 0.4) is 0 Å². The molecule has 0 aliphatic rings. The van der Waals surface area contributed by atoms with Gasteiger partial charge in [-0.15, -0.1) is 0 Å². The minimum Gasteiger partial charge on any atom is -0.771 e. The lowest BCUT2D eigenvalue weighted by Gasteiger charge is -2.54. The van der Waals surface area contributed by atoms with Gasteiger partial charge in [0.2, 0.25) is 0 Å². The summed E-state index contributed by atoms with van der Waals surface area (Å²) in [6.07, 6.45) is 0. The van der Waals surface area contributed by atoms with Crippen LogP contribution in [0.25, 0.3) is 0 Å². The summed E-state index contributed by atoms with van der Waals surface area (Å²) in [6, 6.07) is 0. The molecule has 0 fully saturated rings. The molecule has 2 nitrogen and oxygen atoms in total. The summed E-state index contributed by atoms with van der Waals surface area (Å²) in [5.74, 6) is 0. The summed E-state index contributed by atoms with van der Waals surface area (Å²) in [5, 5.41) is 0. The van der Waals surface area contributed by atoms with Crippen molar-refractivity contribution in [1.29, 1.82) is 0 Å². The zero-order valence-electron chi connectivity index (χ0n) is 9.14. The van der Waals surface area contributed by atoms with Crippen LogP contribution in [0.4, 0.5) is 0 Å². The van der Waals surface area contributed by atoms with Gasteiger partial charge < -0.3 is 4.55 Å². The van der Waals surface area contributed by atoms with Gasteiger partial charge in [-0.2, -0.15) is 0 Å². The number of halogens is 13. The second kappa shape index (κ2) is 11.4. The highest BCUT2D eigenvalue weighted by atomic mass is 127. The van der Waals surface area contributed by atoms with Gasteiger partial charge in [0.1, 0.15) is 5.15 Å². The van der Waals surface area contributed by atoms with Crippen molar-refractivity contribution in [3.63, 3.8) is 0 Å². The normalized spacial score (nSPS) is 17.5. The van der Waals surface area contributed by atoms with Gasteiger partial charge in [0, 0.05) is 0 Å². The maximum atomic E-state index is 11.8. The highest BCUT2D eigenvalue weighted by molar-refractivity contribution is 14.3. The van der Waals surface area contributed by atoms with Crippen LogP contribution < -0.4 is 0 Å². The molecule has 0 aliphatic carbocycles. The second-order valence-electron chi connectivity index (χ2n) is 3.55. The minimum absolute atomic E-state index is 0.0371. The molecule has 16 heteroatoms. The Morgan fingerprint density at radius 1 is 0.545 bits per heavy atom. The third kappa shape index (κ3) is 6.59. The molecule has 1 unspecified atom stereocenters. The summed E-state index contributed by atoms with van der Waals surface area (Å²) in [4.78, 5) is 0. The summed E-state index contributed by atoms with van der Waals surface area (Å²) >= 11 is 28.8. The predicted molar refractivity (Wildman–Crippen MR) is 208 cm³/mol. The van der Waals surface area contributed by atoms with Crippen LogP contribution in [0.1, 0.15) is 0 Å². The van der Waals surface area contributed by atoms with E-state index < -0.39 is 13.3 Å². The molecule has 1 atom stereocenters. The first-order valence-electron chi connectivity index (χ1n) is 4.24. The van der Waals surface area contributed by atoms with Crippen molar-refractivity contribution in [1.82, 2.24) is 0 Å². The Kier molecular flexibility index (Phi) is 16.3. The van der Waals surface area contributed by atoms with Gasteiger partial charge in [-0.1, -0.05) is 294 Å². The Labute approximate surface area is 309 Å². The van der Waals surface area contributed by atoms with Crippen molar-refractivity contribution in [3.8, 4) is 0 Å². The first kappa shape index (κ1) is 31.6. The Morgan fingerprint density at radius 3 is 1.05 bits per heavy atom. The van der Waals surface area contributed by atoms with E-state index in [0.29, 0.717) is 0 Å². The highest BCUT2D eigenvalue weighted by Crippen LogP contribution is 2.76. The largest absolute Gasteiger partial charge is 0.771 e. The molecule has 0 aromatic rings. The fourth-order valence-electron chi connectivity index (χ4n) is 0.860.